The van der Waals surface area contributed by atoms with E-state index in [4.69, 9.17) is 45.3 Å². The number of nitrogen functional groups attached to an aromatic ring is 1. The number of anilines is 1. The highest BCUT2D eigenvalue weighted by atomic mass is 35.5. The van der Waals surface area contributed by atoms with Gasteiger partial charge in [0.05, 0.1) is 15.1 Å². The molecule has 3 nitrogen and oxygen atoms in total. The molecule has 94 valence electrons. The molecule has 0 amide bonds. The second-order valence-corrected chi connectivity index (χ2v) is 4.79. The molecular weight excluding hydrogens is 295 g/mol. The van der Waals surface area contributed by atoms with E-state index in [0.29, 0.717) is 26.5 Å². The summed E-state index contributed by atoms with van der Waals surface area (Å²) in [7, 11) is 0. The second-order valence-electron chi connectivity index (χ2n) is 3.57. The molecule has 0 radical (unpaired) electrons. The summed E-state index contributed by atoms with van der Waals surface area (Å²) in [6, 6.07) is 4.93. The van der Waals surface area contributed by atoms with Gasteiger partial charge in [0.2, 0.25) is 0 Å². The third-order valence-electron chi connectivity index (χ3n) is 2.25. The molecule has 0 aliphatic carbocycles. The van der Waals surface area contributed by atoms with Gasteiger partial charge in [-0.25, -0.2) is 0 Å². The summed E-state index contributed by atoms with van der Waals surface area (Å²) in [6.45, 7) is 0.255. The fourth-order valence-corrected chi connectivity index (χ4v) is 2.18. The number of aromatic nitrogens is 1. The van der Waals surface area contributed by atoms with Crippen LogP contribution in [0.1, 0.15) is 5.56 Å². The Morgan fingerprint density at radius 2 is 1.78 bits per heavy atom. The molecule has 2 rings (SSSR count). The minimum Gasteiger partial charge on any atom is -0.486 e. The Morgan fingerprint density at radius 1 is 1.11 bits per heavy atom. The molecule has 0 unspecified atom stereocenters. The zero-order chi connectivity index (χ0) is 13.1. The monoisotopic (exact) mass is 302 g/mol. The highest BCUT2D eigenvalue weighted by Crippen LogP contribution is 2.35. The van der Waals surface area contributed by atoms with Crippen molar-refractivity contribution in [2.24, 2.45) is 0 Å². The van der Waals surface area contributed by atoms with Gasteiger partial charge in [-0.1, -0.05) is 34.8 Å². The standard InChI is InChI=1S/C12H9Cl3N2O/c13-9-3-8(16)4-10(14)12(9)18-6-7-1-2-17-5-11(7)15/h1-5H,6,16H2. The van der Waals surface area contributed by atoms with E-state index in [1.165, 1.54) is 0 Å². The highest BCUT2D eigenvalue weighted by Gasteiger charge is 2.10. The first-order valence-electron chi connectivity index (χ1n) is 5.03. The summed E-state index contributed by atoms with van der Waals surface area (Å²) in [5.41, 5.74) is 6.89. The lowest BCUT2D eigenvalue weighted by Gasteiger charge is -2.11. The van der Waals surface area contributed by atoms with Crippen LogP contribution in [0.15, 0.2) is 30.6 Å². The van der Waals surface area contributed by atoms with Crippen LogP contribution in [0.3, 0.4) is 0 Å². The average molecular weight is 304 g/mol. The number of hydrogen-bond donors (Lipinski definition) is 1. The summed E-state index contributed by atoms with van der Waals surface area (Å²) in [5.74, 6) is 0.389. The number of rotatable bonds is 3. The summed E-state index contributed by atoms with van der Waals surface area (Å²) < 4.78 is 5.56. The Bertz CT molecular complexity index is 552. The number of ether oxygens (including phenoxy) is 1. The predicted molar refractivity (Wildman–Crippen MR) is 74.5 cm³/mol. The molecule has 1 aromatic carbocycles. The van der Waals surface area contributed by atoms with Crippen LogP contribution in [0.4, 0.5) is 5.69 Å². The van der Waals surface area contributed by atoms with Crippen LogP contribution < -0.4 is 10.5 Å². The summed E-state index contributed by atoms with van der Waals surface area (Å²) in [6.07, 6.45) is 3.18. The minimum absolute atomic E-state index is 0.255. The topological polar surface area (TPSA) is 48.1 Å². The Hall–Kier alpha value is -1.16. The van der Waals surface area contributed by atoms with Gasteiger partial charge in [-0.3, -0.25) is 4.98 Å². The van der Waals surface area contributed by atoms with Crippen LogP contribution in [0.2, 0.25) is 15.1 Å². The molecule has 6 heteroatoms. The van der Waals surface area contributed by atoms with E-state index in [1.807, 2.05) is 0 Å². The molecule has 18 heavy (non-hydrogen) atoms. The third-order valence-corrected chi connectivity index (χ3v) is 3.15. The number of halogens is 3. The first-order chi connectivity index (χ1) is 8.58. The number of nitrogens with zero attached hydrogens (tertiary/aromatic N) is 1. The molecule has 2 aromatic rings. The number of hydrogen-bond acceptors (Lipinski definition) is 3. The van der Waals surface area contributed by atoms with Crippen molar-refractivity contribution >= 4 is 40.5 Å². The lowest BCUT2D eigenvalue weighted by atomic mass is 10.3. The van der Waals surface area contributed by atoms with E-state index in [9.17, 15) is 0 Å². The minimum atomic E-state index is 0.255. The molecule has 0 aliphatic heterocycles. The van der Waals surface area contributed by atoms with Crippen molar-refractivity contribution < 1.29 is 4.74 Å². The van der Waals surface area contributed by atoms with E-state index in [2.05, 4.69) is 4.98 Å². The molecule has 0 saturated heterocycles. The van der Waals surface area contributed by atoms with E-state index in [0.717, 1.165) is 5.56 Å². The van der Waals surface area contributed by atoms with Crippen LogP contribution in [-0.2, 0) is 6.61 Å². The molecule has 0 atom stereocenters. The van der Waals surface area contributed by atoms with Gasteiger partial charge in [0.15, 0.2) is 5.75 Å². The molecular formula is C12H9Cl3N2O. The number of benzene rings is 1. The quantitative estimate of drug-likeness (QED) is 0.864. The maximum Gasteiger partial charge on any atom is 0.157 e. The summed E-state index contributed by atoms with van der Waals surface area (Å²) in [4.78, 5) is 3.89. The van der Waals surface area contributed by atoms with E-state index in [1.54, 1.807) is 30.6 Å². The van der Waals surface area contributed by atoms with Gasteiger partial charge in [0.1, 0.15) is 6.61 Å². The van der Waals surface area contributed by atoms with Crippen LogP contribution in [0, 0.1) is 0 Å². The third kappa shape index (κ3) is 2.99. The first kappa shape index (κ1) is 13.3. The highest BCUT2D eigenvalue weighted by molar-refractivity contribution is 6.37. The number of nitrogens with two attached hydrogens (primary N) is 1. The van der Waals surface area contributed by atoms with E-state index < -0.39 is 0 Å². The van der Waals surface area contributed by atoms with Gasteiger partial charge in [-0.05, 0) is 18.2 Å². The van der Waals surface area contributed by atoms with Crippen molar-refractivity contribution in [3.8, 4) is 5.75 Å². The van der Waals surface area contributed by atoms with Gasteiger partial charge < -0.3 is 10.5 Å². The van der Waals surface area contributed by atoms with Crippen molar-refractivity contribution in [2.45, 2.75) is 6.61 Å². The van der Waals surface area contributed by atoms with Crippen molar-refractivity contribution in [1.82, 2.24) is 4.98 Å². The Labute approximate surface area is 119 Å². The number of pyridine rings is 1. The van der Waals surface area contributed by atoms with Gasteiger partial charge in [0.25, 0.3) is 0 Å². The molecule has 0 fully saturated rings. The second kappa shape index (κ2) is 5.65. The maximum absolute atomic E-state index is 6.01. The van der Waals surface area contributed by atoms with Crippen molar-refractivity contribution in [2.75, 3.05) is 5.73 Å². The largest absolute Gasteiger partial charge is 0.486 e. The lowest BCUT2D eigenvalue weighted by molar-refractivity contribution is 0.306. The van der Waals surface area contributed by atoms with Gasteiger partial charge in [-0.15, -0.1) is 0 Å². The Kier molecular flexibility index (Phi) is 4.17. The predicted octanol–water partition coefficient (Wildman–Crippen LogP) is 4.20. The fourth-order valence-electron chi connectivity index (χ4n) is 1.39. The van der Waals surface area contributed by atoms with Crippen LogP contribution >= 0.6 is 34.8 Å². The lowest BCUT2D eigenvalue weighted by Crippen LogP contribution is -1.98. The average Bonchev–Trinajstić information content (AvgIpc) is 2.30. The molecule has 1 heterocycles. The first-order valence-corrected chi connectivity index (χ1v) is 6.17. The van der Waals surface area contributed by atoms with E-state index in [-0.39, 0.29) is 6.61 Å². The SMILES string of the molecule is Nc1cc(Cl)c(OCc2ccncc2Cl)c(Cl)c1. The molecule has 0 bridgehead atoms. The summed E-state index contributed by atoms with van der Waals surface area (Å²) in [5, 5.41) is 1.26. The van der Waals surface area contributed by atoms with Gasteiger partial charge >= 0.3 is 0 Å². The van der Waals surface area contributed by atoms with Crippen molar-refractivity contribution in [3.63, 3.8) is 0 Å². The normalized spacial score (nSPS) is 10.4. The summed E-state index contributed by atoms with van der Waals surface area (Å²) >= 11 is 18.0. The molecule has 2 N–H and O–H groups in total. The van der Waals surface area contributed by atoms with E-state index >= 15 is 0 Å². The van der Waals surface area contributed by atoms with Crippen molar-refractivity contribution in [3.05, 3.63) is 51.2 Å². The van der Waals surface area contributed by atoms with Crippen molar-refractivity contribution in [1.29, 1.82) is 0 Å². The molecule has 0 aliphatic rings. The molecule has 0 spiro atoms. The van der Waals surface area contributed by atoms with Crippen LogP contribution in [-0.4, -0.2) is 4.98 Å². The zero-order valence-electron chi connectivity index (χ0n) is 9.16. The van der Waals surface area contributed by atoms with Crippen LogP contribution in [0.5, 0.6) is 5.75 Å². The van der Waals surface area contributed by atoms with Gasteiger partial charge in [0, 0.05) is 23.6 Å². The Balaban J connectivity index is 2.19. The van der Waals surface area contributed by atoms with Crippen LogP contribution in [0.25, 0.3) is 0 Å². The fraction of sp³-hybridized carbons (Fsp3) is 0.0833. The van der Waals surface area contributed by atoms with Gasteiger partial charge in [-0.2, -0.15) is 0 Å². The Morgan fingerprint density at radius 3 is 2.39 bits per heavy atom. The zero-order valence-corrected chi connectivity index (χ0v) is 11.4. The molecule has 0 saturated carbocycles. The molecule has 1 aromatic heterocycles. The maximum atomic E-state index is 6.01. The smallest absolute Gasteiger partial charge is 0.157 e.